The number of phosphoric acid groups is 1. The van der Waals surface area contributed by atoms with Crippen molar-refractivity contribution in [2.24, 2.45) is 0 Å². The molecule has 0 aliphatic rings. The molecule has 3 unspecified atom stereocenters. The van der Waals surface area contributed by atoms with E-state index in [0.29, 0.717) is 12.8 Å². The second kappa shape index (κ2) is 26.8. The molecule has 0 aromatic heterocycles. The van der Waals surface area contributed by atoms with Crippen LogP contribution in [0.2, 0.25) is 0 Å². The summed E-state index contributed by atoms with van der Waals surface area (Å²) in [6.45, 7) is 2.11. The standard InChI is InChI=1S/C29H57O10P/c1-3-5-7-9-11-13-15-17-19-21-29(33)39-27(23-31)25-37-40(34,35)36-24-26(22-30)38-28(32)20-18-16-14-12-10-8-6-4-2/h26-27,30-31H,3-25H2,1-2H3,(H,34,35). The first-order valence-electron chi connectivity index (χ1n) is 15.5. The number of rotatable bonds is 29. The van der Waals surface area contributed by atoms with E-state index in [2.05, 4.69) is 13.8 Å². The highest BCUT2D eigenvalue weighted by molar-refractivity contribution is 7.47. The summed E-state index contributed by atoms with van der Waals surface area (Å²) in [4.78, 5) is 34.0. The molecule has 0 amide bonds. The van der Waals surface area contributed by atoms with Gasteiger partial charge in [0.05, 0.1) is 26.4 Å². The molecule has 0 rings (SSSR count). The molecular formula is C29H57O10P. The van der Waals surface area contributed by atoms with Crippen molar-refractivity contribution in [2.45, 2.75) is 148 Å². The normalized spacial score (nSPS) is 14.4. The highest BCUT2D eigenvalue weighted by Crippen LogP contribution is 2.43. The molecular weight excluding hydrogens is 539 g/mol. The molecule has 3 atom stereocenters. The topological polar surface area (TPSA) is 149 Å². The van der Waals surface area contributed by atoms with E-state index in [0.717, 1.165) is 38.5 Å². The third-order valence-electron chi connectivity index (χ3n) is 6.57. The van der Waals surface area contributed by atoms with Crippen LogP contribution >= 0.6 is 7.82 Å². The predicted molar refractivity (Wildman–Crippen MR) is 155 cm³/mol. The number of phosphoric ester groups is 1. The van der Waals surface area contributed by atoms with Gasteiger partial charge in [0.2, 0.25) is 0 Å². The first-order chi connectivity index (χ1) is 19.3. The van der Waals surface area contributed by atoms with E-state index in [1.54, 1.807) is 0 Å². The van der Waals surface area contributed by atoms with Crippen LogP contribution in [0.1, 0.15) is 136 Å². The van der Waals surface area contributed by atoms with E-state index < -0.39 is 58.4 Å². The largest absolute Gasteiger partial charge is 0.472 e. The fourth-order valence-electron chi connectivity index (χ4n) is 4.11. The van der Waals surface area contributed by atoms with Crippen LogP contribution in [0.25, 0.3) is 0 Å². The summed E-state index contributed by atoms with van der Waals surface area (Å²) in [5.41, 5.74) is 0. The van der Waals surface area contributed by atoms with Crippen molar-refractivity contribution in [2.75, 3.05) is 26.4 Å². The lowest BCUT2D eigenvalue weighted by Crippen LogP contribution is -2.28. The van der Waals surface area contributed by atoms with Gasteiger partial charge in [0.1, 0.15) is 12.2 Å². The van der Waals surface area contributed by atoms with E-state index >= 15 is 0 Å². The number of carbonyl (C=O) groups excluding carboxylic acids is 2. The summed E-state index contributed by atoms with van der Waals surface area (Å²) in [5.74, 6) is -1.02. The minimum atomic E-state index is -4.60. The van der Waals surface area contributed by atoms with Crippen molar-refractivity contribution >= 4 is 19.8 Å². The van der Waals surface area contributed by atoms with E-state index in [-0.39, 0.29) is 12.8 Å². The second-order valence-electron chi connectivity index (χ2n) is 10.5. The predicted octanol–water partition coefficient (Wildman–Crippen LogP) is 6.38. The molecule has 40 heavy (non-hydrogen) atoms. The molecule has 0 saturated heterocycles. The molecule has 0 aliphatic carbocycles. The Hall–Kier alpha value is -1.03. The quantitative estimate of drug-likeness (QED) is 0.0504. The third kappa shape index (κ3) is 24.7. The third-order valence-corrected chi connectivity index (χ3v) is 7.52. The molecule has 238 valence electrons. The molecule has 11 heteroatoms. The van der Waals surface area contributed by atoms with Crippen molar-refractivity contribution in [3.63, 3.8) is 0 Å². The van der Waals surface area contributed by atoms with Crippen LogP contribution < -0.4 is 0 Å². The molecule has 0 saturated carbocycles. The molecule has 0 aromatic rings. The van der Waals surface area contributed by atoms with Crippen LogP contribution in [-0.4, -0.2) is 65.7 Å². The lowest BCUT2D eigenvalue weighted by atomic mass is 10.1. The Kier molecular flexibility index (Phi) is 26.2. The van der Waals surface area contributed by atoms with Gasteiger partial charge in [-0.05, 0) is 12.8 Å². The minimum Gasteiger partial charge on any atom is -0.457 e. The molecule has 0 spiro atoms. The summed E-state index contributed by atoms with van der Waals surface area (Å²) in [7, 11) is -4.60. The average molecular weight is 597 g/mol. The number of ether oxygens (including phenoxy) is 2. The summed E-state index contributed by atoms with van der Waals surface area (Å²) in [5, 5.41) is 18.9. The van der Waals surface area contributed by atoms with Crippen molar-refractivity contribution < 1.29 is 47.8 Å². The van der Waals surface area contributed by atoms with Crippen LogP contribution in [0.4, 0.5) is 0 Å². The van der Waals surface area contributed by atoms with Gasteiger partial charge in [0.25, 0.3) is 0 Å². The van der Waals surface area contributed by atoms with Gasteiger partial charge in [-0.1, -0.05) is 110 Å². The van der Waals surface area contributed by atoms with E-state index in [1.165, 1.54) is 57.8 Å². The van der Waals surface area contributed by atoms with Crippen LogP contribution in [0, 0.1) is 0 Å². The van der Waals surface area contributed by atoms with Gasteiger partial charge in [0, 0.05) is 12.8 Å². The average Bonchev–Trinajstić information content (AvgIpc) is 2.93. The van der Waals surface area contributed by atoms with Crippen molar-refractivity contribution in [3.8, 4) is 0 Å². The van der Waals surface area contributed by atoms with Crippen molar-refractivity contribution in [3.05, 3.63) is 0 Å². The van der Waals surface area contributed by atoms with E-state index in [4.69, 9.17) is 18.5 Å². The van der Waals surface area contributed by atoms with Crippen LogP contribution in [0.15, 0.2) is 0 Å². The maximum atomic E-state index is 12.2. The zero-order chi connectivity index (χ0) is 29.9. The highest BCUT2D eigenvalue weighted by Gasteiger charge is 2.27. The lowest BCUT2D eigenvalue weighted by Gasteiger charge is -2.20. The van der Waals surface area contributed by atoms with Gasteiger partial charge in [-0.3, -0.25) is 18.6 Å². The highest BCUT2D eigenvalue weighted by atomic mass is 31.2. The minimum absolute atomic E-state index is 0.196. The monoisotopic (exact) mass is 596 g/mol. The van der Waals surface area contributed by atoms with E-state index in [1.807, 2.05) is 0 Å². The molecule has 0 radical (unpaired) electrons. The van der Waals surface area contributed by atoms with Gasteiger partial charge in [-0.15, -0.1) is 0 Å². The maximum absolute atomic E-state index is 12.2. The number of esters is 2. The summed E-state index contributed by atoms with van der Waals surface area (Å²) in [6, 6.07) is 0. The maximum Gasteiger partial charge on any atom is 0.472 e. The Morgan fingerprint density at radius 1 is 0.575 bits per heavy atom. The zero-order valence-electron chi connectivity index (χ0n) is 25.1. The number of aliphatic hydroxyl groups is 2. The molecule has 3 N–H and O–H groups in total. The number of aliphatic hydroxyl groups excluding tert-OH is 2. The van der Waals surface area contributed by atoms with E-state index in [9.17, 15) is 29.3 Å². The van der Waals surface area contributed by atoms with Gasteiger partial charge in [0.15, 0.2) is 0 Å². The van der Waals surface area contributed by atoms with Crippen LogP contribution in [-0.2, 0) is 32.7 Å². The van der Waals surface area contributed by atoms with Gasteiger partial charge < -0.3 is 24.6 Å². The van der Waals surface area contributed by atoms with Gasteiger partial charge in [-0.2, -0.15) is 0 Å². The second-order valence-corrected chi connectivity index (χ2v) is 11.9. The summed E-state index contributed by atoms with van der Waals surface area (Å²) >= 11 is 0. The number of hydrogen-bond acceptors (Lipinski definition) is 9. The fraction of sp³-hybridized carbons (Fsp3) is 0.931. The zero-order valence-corrected chi connectivity index (χ0v) is 26.0. The summed E-state index contributed by atoms with van der Waals surface area (Å²) < 4.78 is 32.1. The van der Waals surface area contributed by atoms with Crippen molar-refractivity contribution in [1.82, 2.24) is 0 Å². The lowest BCUT2D eigenvalue weighted by molar-refractivity contribution is -0.153. The van der Waals surface area contributed by atoms with Crippen molar-refractivity contribution in [1.29, 1.82) is 0 Å². The molecule has 0 heterocycles. The molecule has 0 bridgehead atoms. The number of unbranched alkanes of at least 4 members (excludes halogenated alkanes) is 15. The first kappa shape index (κ1) is 39.0. The Labute approximate surface area is 242 Å². The Balaban J connectivity index is 4.09. The smallest absolute Gasteiger partial charge is 0.457 e. The SMILES string of the molecule is CCCCCCCCCCCC(=O)OC(CO)COP(=O)(O)OCC(CO)OC(=O)CCCCCCCCCC. The number of carbonyl (C=O) groups is 2. The Bertz CT molecular complexity index is 661. The Morgan fingerprint density at radius 2 is 0.875 bits per heavy atom. The van der Waals surface area contributed by atoms with Gasteiger partial charge >= 0.3 is 19.8 Å². The van der Waals surface area contributed by atoms with Gasteiger partial charge in [-0.25, -0.2) is 4.57 Å². The van der Waals surface area contributed by atoms with Crippen LogP contribution in [0.3, 0.4) is 0 Å². The molecule has 0 aromatic carbocycles. The Morgan fingerprint density at radius 3 is 1.18 bits per heavy atom. The molecule has 10 nitrogen and oxygen atoms in total. The summed E-state index contributed by atoms with van der Waals surface area (Å²) in [6.07, 6.45) is 16.9. The fourth-order valence-corrected chi connectivity index (χ4v) is 4.90. The first-order valence-corrected chi connectivity index (χ1v) is 17.0. The molecule has 0 fully saturated rings. The van der Waals surface area contributed by atoms with Crippen LogP contribution in [0.5, 0.6) is 0 Å². The number of hydrogen-bond donors (Lipinski definition) is 3. The molecule has 0 aliphatic heterocycles.